The van der Waals surface area contributed by atoms with E-state index in [1.165, 1.54) is 0 Å². The minimum absolute atomic E-state index is 0.0729. The third-order valence-corrected chi connectivity index (χ3v) is 4.99. The number of ether oxygens (including phenoxy) is 1. The highest BCUT2D eigenvalue weighted by Crippen LogP contribution is 2.40. The predicted molar refractivity (Wildman–Crippen MR) is 96.4 cm³/mol. The SMILES string of the molecule is CC(C)Oc1ccc(C(=O)N2CCC(c3nnc(C4CC4)o3)CC2)cc1. The molecule has 2 fully saturated rings. The molecule has 0 unspecified atom stereocenters. The van der Waals surface area contributed by atoms with Crippen LogP contribution in [0.4, 0.5) is 0 Å². The maximum Gasteiger partial charge on any atom is 0.253 e. The first kappa shape index (κ1) is 17.1. The van der Waals surface area contributed by atoms with Gasteiger partial charge in [-0.25, -0.2) is 0 Å². The van der Waals surface area contributed by atoms with Crippen LogP contribution in [-0.4, -0.2) is 40.2 Å². The summed E-state index contributed by atoms with van der Waals surface area (Å²) < 4.78 is 11.5. The smallest absolute Gasteiger partial charge is 0.253 e. The molecule has 1 aliphatic heterocycles. The number of carbonyl (C=O) groups excluding carboxylic acids is 1. The zero-order valence-electron chi connectivity index (χ0n) is 15.4. The largest absolute Gasteiger partial charge is 0.491 e. The Bertz CT molecular complexity index is 757. The van der Waals surface area contributed by atoms with Crippen LogP contribution in [0.1, 0.15) is 73.5 Å². The van der Waals surface area contributed by atoms with Crippen LogP contribution >= 0.6 is 0 Å². The number of carbonyl (C=O) groups is 1. The Morgan fingerprint density at radius 2 is 1.62 bits per heavy atom. The molecule has 6 nitrogen and oxygen atoms in total. The lowest BCUT2D eigenvalue weighted by atomic mass is 9.96. The van der Waals surface area contributed by atoms with Gasteiger partial charge in [0.1, 0.15) is 5.75 Å². The van der Waals surface area contributed by atoms with Gasteiger partial charge in [-0.15, -0.1) is 10.2 Å². The van der Waals surface area contributed by atoms with Crippen LogP contribution < -0.4 is 4.74 Å². The molecule has 1 aromatic carbocycles. The lowest BCUT2D eigenvalue weighted by molar-refractivity contribution is 0.0706. The van der Waals surface area contributed by atoms with Gasteiger partial charge in [-0.1, -0.05) is 0 Å². The van der Waals surface area contributed by atoms with Gasteiger partial charge in [-0.2, -0.15) is 0 Å². The van der Waals surface area contributed by atoms with Gasteiger partial charge in [0.25, 0.3) is 5.91 Å². The average molecular weight is 355 g/mol. The molecule has 1 saturated carbocycles. The second-order valence-corrected chi connectivity index (χ2v) is 7.51. The van der Waals surface area contributed by atoms with Crippen LogP contribution in [-0.2, 0) is 0 Å². The molecule has 0 spiro atoms. The van der Waals surface area contributed by atoms with Crippen molar-refractivity contribution in [2.24, 2.45) is 0 Å². The highest BCUT2D eigenvalue weighted by atomic mass is 16.5. The molecule has 2 aromatic rings. The number of hydrogen-bond donors (Lipinski definition) is 0. The molecule has 1 aromatic heterocycles. The van der Waals surface area contributed by atoms with Crippen LogP contribution in [0.2, 0.25) is 0 Å². The van der Waals surface area contributed by atoms with Crippen molar-refractivity contribution in [3.63, 3.8) is 0 Å². The summed E-state index contributed by atoms with van der Waals surface area (Å²) in [5.74, 6) is 3.15. The Balaban J connectivity index is 1.34. The summed E-state index contributed by atoms with van der Waals surface area (Å²) in [6.45, 7) is 5.41. The molecule has 2 aliphatic rings. The van der Waals surface area contributed by atoms with E-state index >= 15 is 0 Å². The first-order valence-corrected chi connectivity index (χ1v) is 9.49. The van der Waals surface area contributed by atoms with E-state index < -0.39 is 0 Å². The van der Waals surface area contributed by atoms with E-state index in [2.05, 4.69) is 10.2 Å². The third-order valence-electron chi connectivity index (χ3n) is 4.99. The molecule has 138 valence electrons. The van der Waals surface area contributed by atoms with Gasteiger partial charge in [0.15, 0.2) is 0 Å². The summed E-state index contributed by atoms with van der Waals surface area (Å²) in [6.07, 6.45) is 4.19. The van der Waals surface area contributed by atoms with Crippen LogP contribution in [0.3, 0.4) is 0 Å². The minimum Gasteiger partial charge on any atom is -0.491 e. The van der Waals surface area contributed by atoms with Gasteiger partial charge in [0.05, 0.1) is 6.10 Å². The molecule has 0 N–H and O–H groups in total. The molecule has 0 atom stereocenters. The van der Waals surface area contributed by atoms with Gasteiger partial charge in [-0.3, -0.25) is 4.79 Å². The normalized spacial score (nSPS) is 18.3. The molecule has 4 rings (SSSR count). The summed E-state index contributed by atoms with van der Waals surface area (Å²) >= 11 is 0. The maximum atomic E-state index is 12.7. The molecular formula is C20H25N3O3. The average Bonchev–Trinajstić information content (AvgIpc) is 3.38. The number of likely N-dealkylation sites (tertiary alicyclic amines) is 1. The van der Waals surface area contributed by atoms with Crippen molar-refractivity contribution in [1.82, 2.24) is 15.1 Å². The highest BCUT2D eigenvalue weighted by molar-refractivity contribution is 5.94. The second kappa shape index (κ2) is 7.09. The summed E-state index contributed by atoms with van der Waals surface area (Å²) in [4.78, 5) is 14.6. The first-order chi connectivity index (χ1) is 12.6. The second-order valence-electron chi connectivity index (χ2n) is 7.51. The van der Waals surface area contributed by atoms with Crippen LogP contribution in [0.15, 0.2) is 28.7 Å². The molecule has 0 radical (unpaired) electrons. The van der Waals surface area contributed by atoms with Crippen LogP contribution in [0.25, 0.3) is 0 Å². The van der Waals surface area contributed by atoms with Crippen molar-refractivity contribution in [2.75, 3.05) is 13.1 Å². The van der Waals surface area contributed by atoms with Gasteiger partial charge in [0.2, 0.25) is 11.8 Å². The lowest BCUT2D eigenvalue weighted by Gasteiger charge is -2.30. The Kier molecular flexibility index (Phi) is 4.66. The van der Waals surface area contributed by atoms with Crippen molar-refractivity contribution in [3.05, 3.63) is 41.6 Å². The number of benzene rings is 1. The predicted octanol–water partition coefficient (Wildman–Crippen LogP) is 3.75. The minimum atomic E-state index is 0.0729. The number of nitrogens with zero attached hydrogens (tertiary/aromatic N) is 3. The summed E-state index contributed by atoms with van der Waals surface area (Å²) in [7, 11) is 0. The number of amides is 1. The van der Waals surface area contributed by atoms with Crippen LogP contribution in [0, 0.1) is 0 Å². The Hall–Kier alpha value is -2.37. The maximum absolute atomic E-state index is 12.7. The van der Waals surface area contributed by atoms with Crippen molar-refractivity contribution in [1.29, 1.82) is 0 Å². The summed E-state index contributed by atoms with van der Waals surface area (Å²) in [5.41, 5.74) is 0.702. The summed E-state index contributed by atoms with van der Waals surface area (Å²) in [5, 5.41) is 8.40. The van der Waals surface area contributed by atoms with E-state index in [0.717, 1.165) is 56.3 Å². The van der Waals surface area contributed by atoms with Gasteiger partial charge in [-0.05, 0) is 63.8 Å². The summed E-state index contributed by atoms with van der Waals surface area (Å²) in [6, 6.07) is 7.40. The van der Waals surface area contributed by atoms with E-state index in [9.17, 15) is 4.79 Å². The van der Waals surface area contributed by atoms with Crippen molar-refractivity contribution in [3.8, 4) is 5.75 Å². The fraction of sp³-hybridized carbons (Fsp3) is 0.550. The number of piperidine rings is 1. The third kappa shape index (κ3) is 3.74. The molecule has 1 saturated heterocycles. The van der Waals surface area contributed by atoms with Crippen molar-refractivity contribution >= 4 is 5.91 Å². The fourth-order valence-electron chi connectivity index (χ4n) is 3.37. The molecule has 1 aliphatic carbocycles. The molecule has 0 bridgehead atoms. The van der Waals surface area contributed by atoms with Crippen LogP contribution in [0.5, 0.6) is 5.75 Å². The molecule has 1 amide bonds. The standard InChI is InChI=1S/C20H25N3O3/c1-13(2)25-17-7-5-16(6-8-17)20(24)23-11-9-15(10-12-23)19-22-21-18(26-19)14-3-4-14/h5-8,13-15H,3-4,9-12H2,1-2H3. The number of rotatable bonds is 5. The Morgan fingerprint density at radius 1 is 1.04 bits per heavy atom. The van der Waals surface area contributed by atoms with E-state index in [1.54, 1.807) is 0 Å². The zero-order chi connectivity index (χ0) is 18.1. The van der Waals surface area contributed by atoms with E-state index in [1.807, 2.05) is 43.0 Å². The molecule has 6 heteroatoms. The topological polar surface area (TPSA) is 68.5 Å². The zero-order valence-corrected chi connectivity index (χ0v) is 15.4. The van der Waals surface area contributed by atoms with Crippen molar-refractivity contribution in [2.45, 2.75) is 57.5 Å². The highest BCUT2D eigenvalue weighted by Gasteiger charge is 2.32. The Labute approximate surface area is 153 Å². The number of hydrogen-bond acceptors (Lipinski definition) is 5. The number of aromatic nitrogens is 2. The molecular weight excluding hydrogens is 330 g/mol. The van der Waals surface area contributed by atoms with E-state index in [4.69, 9.17) is 9.15 Å². The quantitative estimate of drug-likeness (QED) is 0.817. The van der Waals surface area contributed by atoms with Gasteiger partial charge in [0, 0.05) is 30.5 Å². The Morgan fingerprint density at radius 3 is 2.15 bits per heavy atom. The van der Waals surface area contributed by atoms with Gasteiger partial charge < -0.3 is 14.1 Å². The lowest BCUT2D eigenvalue weighted by Crippen LogP contribution is -2.38. The van der Waals surface area contributed by atoms with Crippen molar-refractivity contribution < 1.29 is 13.9 Å². The van der Waals surface area contributed by atoms with Gasteiger partial charge >= 0.3 is 0 Å². The first-order valence-electron chi connectivity index (χ1n) is 9.49. The van der Waals surface area contributed by atoms with E-state index in [0.29, 0.717) is 11.5 Å². The molecule has 2 heterocycles. The molecule has 26 heavy (non-hydrogen) atoms. The van der Waals surface area contributed by atoms with E-state index in [-0.39, 0.29) is 17.9 Å². The fourth-order valence-corrected chi connectivity index (χ4v) is 3.37. The monoisotopic (exact) mass is 355 g/mol.